The van der Waals surface area contributed by atoms with Crippen LogP contribution >= 0.6 is 22.9 Å². The summed E-state index contributed by atoms with van der Waals surface area (Å²) in [6, 6.07) is 8.04. The van der Waals surface area contributed by atoms with E-state index >= 15 is 0 Å². The summed E-state index contributed by atoms with van der Waals surface area (Å²) in [4.78, 5) is 5.72. The molecule has 0 amide bonds. The molecule has 0 radical (unpaired) electrons. The van der Waals surface area contributed by atoms with Gasteiger partial charge in [0.05, 0.1) is 5.69 Å². The van der Waals surface area contributed by atoms with Crippen LogP contribution in [0.15, 0.2) is 36.7 Å². The second-order valence-corrected chi connectivity index (χ2v) is 7.14. The smallest absolute Gasteiger partial charge is 0.123 e. The van der Waals surface area contributed by atoms with Crippen molar-refractivity contribution in [2.75, 3.05) is 0 Å². The van der Waals surface area contributed by atoms with Gasteiger partial charge in [-0.2, -0.15) is 5.10 Å². The first-order chi connectivity index (χ1) is 11.0. The maximum absolute atomic E-state index is 5.93. The molecule has 23 heavy (non-hydrogen) atoms. The molecule has 4 nitrogen and oxygen atoms in total. The van der Waals surface area contributed by atoms with Crippen LogP contribution in [0.4, 0.5) is 0 Å². The number of nitrogens with zero attached hydrogens (tertiary/aromatic N) is 3. The fraction of sp³-hybridized carbons (Fsp3) is 0.294. The van der Waals surface area contributed by atoms with Gasteiger partial charge >= 0.3 is 0 Å². The summed E-state index contributed by atoms with van der Waals surface area (Å²) in [5.41, 5.74) is 3.40. The van der Waals surface area contributed by atoms with Crippen molar-refractivity contribution in [2.45, 2.75) is 26.4 Å². The molecule has 120 valence electrons. The Morgan fingerprint density at radius 3 is 2.70 bits per heavy atom. The third-order valence-electron chi connectivity index (χ3n) is 3.75. The standard InChI is InChI=1S/C17H19ClN4S/c1-11(16-10-22(3)21-12(16)2)19-8-15-9-20-17(23-15)13-4-6-14(18)7-5-13/h4-7,9-11,19H,8H2,1-3H3/t11-/m0/s1. The zero-order valence-corrected chi connectivity index (χ0v) is 14.9. The highest BCUT2D eigenvalue weighted by Gasteiger charge is 2.12. The van der Waals surface area contributed by atoms with E-state index in [0.717, 1.165) is 27.8 Å². The first kappa shape index (κ1) is 16.2. The zero-order chi connectivity index (χ0) is 16.4. The van der Waals surface area contributed by atoms with Gasteiger partial charge in [0.25, 0.3) is 0 Å². The first-order valence-corrected chi connectivity index (χ1v) is 8.66. The van der Waals surface area contributed by atoms with E-state index in [9.17, 15) is 0 Å². The van der Waals surface area contributed by atoms with Crippen molar-refractivity contribution in [2.24, 2.45) is 7.05 Å². The summed E-state index contributed by atoms with van der Waals surface area (Å²) >= 11 is 7.63. The number of aromatic nitrogens is 3. The molecule has 1 N–H and O–H groups in total. The molecular formula is C17H19ClN4S. The van der Waals surface area contributed by atoms with Crippen molar-refractivity contribution in [3.63, 3.8) is 0 Å². The van der Waals surface area contributed by atoms with Crippen LogP contribution < -0.4 is 5.32 Å². The van der Waals surface area contributed by atoms with Crippen molar-refractivity contribution < 1.29 is 0 Å². The molecular weight excluding hydrogens is 328 g/mol. The van der Waals surface area contributed by atoms with E-state index in [1.807, 2.05) is 49.1 Å². The number of hydrogen-bond donors (Lipinski definition) is 1. The number of rotatable bonds is 5. The second-order valence-electron chi connectivity index (χ2n) is 5.58. The summed E-state index contributed by atoms with van der Waals surface area (Å²) in [6.07, 6.45) is 4.00. The van der Waals surface area contributed by atoms with Gasteiger partial charge in [-0.1, -0.05) is 23.7 Å². The van der Waals surface area contributed by atoms with E-state index in [-0.39, 0.29) is 6.04 Å². The molecule has 0 fully saturated rings. The molecule has 0 saturated carbocycles. The van der Waals surface area contributed by atoms with Gasteiger partial charge < -0.3 is 5.32 Å². The molecule has 0 aliphatic heterocycles. The van der Waals surface area contributed by atoms with Gasteiger partial charge in [-0.25, -0.2) is 4.98 Å². The van der Waals surface area contributed by atoms with Gasteiger partial charge in [-0.15, -0.1) is 11.3 Å². The topological polar surface area (TPSA) is 42.7 Å². The van der Waals surface area contributed by atoms with Crippen LogP contribution in [0.5, 0.6) is 0 Å². The number of nitrogens with one attached hydrogen (secondary N) is 1. The van der Waals surface area contributed by atoms with E-state index in [1.54, 1.807) is 11.3 Å². The van der Waals surface area contributed by atoms with Crippen molar-refractivity contribution >= 4 is 22.9 Å². The molecule has 0 unspecified atom stereocenters. The van der Waals surface area contributed by atoms with Crippen LogP contribution in [0, 0.1) is 6.92 Å². The Labute approximate surface area is 145 Å². The van der Waals surface area contributed by atoms with Crippen molar-refractivity contribution in [3.8, 4) is 10.6 Å². The van der Waals surface area contributed by atoms with Crippen LogP contribution in [0.1, 0.15) is 29.1 Å². The van der Waals surface area contributed by atoms with Crippen LogP contribution in [0.25, 0.3) is 10.6 Å². The molecule has 0 spiro atoms. The normalized spacial score (nSPS) is 12.5. The Kier molecular flexibility index (Phi) is 4.80. The van der Waals surface area contributed by atoms with E-state index in [1.165, 1.54) is 10.4 Å². The molecule has 0 aliphatic rings. The molecule has 0 aliphatic carbocycles. The molecule has 2 heterocycles. The Balaban J connectivity index is 1.65. The van der Waals surface area contributed by atoms with Gasteiger partial charge in [0.15, 0.2) is 0 Å². The highest BCUT2D eigenvalue weighted by atomic mass is 35.5. The maximum Gasteiger partial charge on any atom is 0.123 e. The number of benzene rings is 1. The predicted octanol–water partition coefficient (Wildman–Crippen LogP) is 4.36. The molecule has 3 rings (SSSR count). The molecule has 1 aromatic carbocycles. The van der Waals surface area contributed by atoms with Crippen LogP contribution in [-0.2, 0) is 13.6 Å². The van der Waals surface area contributed by atoms with E-state index in [2.05, 4.69) is 28.5 Å². The SMILES string of the molecule is Cc1nn(C)cc1[C@H](C)NCc1cnc(-c2ccc(Cl)cc2)s1. The maximum atomic E-state index is 5.93. The number of thiazole rings is 1. The highest BCUT2D eigenvalue weighted by molar-refractivity contribution is 7.15. The van der Waals surface area contributed by atoms with Crippen LogP contribution in [-0.4, -0.2) is 14.8 Å². The van der Waals surface area contributed by atoms with Gasteiger partial charge in [0.2, 0.25) is 0 Å². The lowest BCUT2D eigenvalue weighted by Gasteiger charge is -2.11. The lowest BCUT2D eigenvalue weighted by Crippen LogP contribution is -2.17. The first-order valence-electron chi connectivity index (χ1n) is 7.47. The average molecular weight is 347 g/mol. The third kappa shape index (κ3) is 3.80. The number of halogens is 1. The highest BCUT2D eigenvalue weighted by Crippen LogP contribution is 2.26. The van der Waals surface area contributed by atoms with Gasteiger partial charge in [-0.05, 0) is 26.0 Å². The summed E-state index contributed by atoms with van der Waals surface area (Å²) in [6.45, 7) is 4.99. The minimum atomic E-state index is 0.254. The monoisotopic (exact) mass is 346 g/mol. The Bertz CT molecular complexity index is 791. The Morgan fingerprint density at radius 1 is 1.30 bits per heavy atom. The summed E-state index contributed by atoms with van der Waals surface area (Å²) in [5, 5.41) is 9.69. The van der Waals surface area contributed by atoms with E-state index < -0.39 is 0 Å². The van der Waals surface area contributed by atoms with Gasteiger partial charge in [0.1, 0.15) is 5.01 Å². The predicted molar refractivity (Wildman–Crippen MR) is 95.8 cm³/mol. The van der Waals surface area contributed by atoms with Gasteiger partial charge in [0, 0.05) is 53.1 Å². The van der Waals surface area contributed by atoms with Gasteiger partial charge in [-0.3, -0.25) is 4.68 Å². The molecule has 3 aromatic rings. The minimum Gasteiger partial charge on any atom is -0.305 e. The lowest BCUT2D eigenvalue weighted by atomic mass is 10.1. The summed E-state index contributed by atoms with van der Waals surface area (Å²) in [7, 11) is 1.95. The third-order valence-corrected chi connectivity index (χ3v) is 5.04. The Morgan fingerprint density at radius 2 is 2.04 bits per heavy atom. The minimum absolute atomic E-state index is 0.254. The molecule has 1 atom stereocenters. The molecule has 6 heteroatoms. The largest absolute Gasteiger partial charge is 0.305 e. The average Bonchev–Trinajstić information content (AvgIpc) is 3.12. The molecule has 0 saturated heterocycles. The lowest BCUT2D eigenvalue weighted by molar-refractivity contribution is 0.575. The second kappa shape index (κ2) is 6.83. The molecule has 0 bridgehead atoms. The van der Waals surface area contributed by atoms with Crippen LogP contribution in [0.2, 0.25) is 5.02 Å². The quantitative estimate of drug-likeness (QED) is 0.746. The van der Waals surface area contributed by atoms with Crippen molar-refractivity contribution in [3.05, 3.63) is 57.8 Å². The van der Waals surface area contributed by atoms with Crippen LogP contribution in [0.3, 0.4) is 0 Å². The molecule has 2 aromatic heterocycles. The van der Waals surface area contributed by atoms with E-state index in [4.69, 9.17) is 11.6 Å². The number of hydrogen-bond acceptors (Lipinski definition) is 4. The zero-order valence-electron chi connectivity index (χ0n) is 13.4. The number of aryl methyl sites for hydroxylation is 2. The summed E-state index contributed by atoms with van der Waals surface area (Å²) in [5.74, 6) is 0. The summed E-state index contributed by atoms with van der Waals surface area (Å²) < 4.78 is 1.86. The van der Waals surface area contributed by atoms with Crippen molar-refractivity contribution in [1.29, 1.82) is 0 Å². The fourth-order valence-electron chi connectivity index (χ4n) is 2.52. The van der Waals surface area contributed by atoms with Crippen molar-refractivity contribution in [1.82, 2.24) is 20.1 Å². The fourth-order valence-corrected chi connectivity index (χ4v) is 3.52. The Hall–Kier alpha value is -1.69. The van der Waals surface area contributed by atoms with E-state index in [0.29, 0.717) is 0 Å².